The molecule has 1 N–H and O–H groups in total. The van der Waals surface area contributed by atoms with Gasteiger partial charge in [0.1, 0.15) is 11.6 Å². The van der Waals surface area contributed by atoms with Crippen molar-refractivity contribution < 1.29 is 4.79 Å². The number of piperidine rings is 2. The lowest BCUT2D eigenvalue weighted by Gasteiger charge is -2.53. The van der Waals surface area contributed by atoms with Crippen LogP contribution in [0.2, 0.25) is 0 Å². The van der Waals surface area contributed by atoms with Crippen LogP contribution in [0.15, 0.2) is 60.3 Å². The molecule has 2 aromatic rings. The molecule has 2 saturated heterocycles. The number of hydrogen-bond acceptors (Lipinski definition) is 4. The predicted molar refractivity (Wildman–Crippen MR) is 119 cm³/mol. The molecule has 3 aliphatic rings. The van der Waals surface area contributed by atoms with Gasteiger partial charge in [-0.05, 0) is 54.7 Å². The van der Waals surface area contributed by atoms with E-state index in [-0.39, 0.29) is 6.04 Å². The molecule has 0 bridgehead atoms. The summed E-state index contributed by atoms with van der Waals surface area (Å²) in [5.41, 5.74) is 8.80. The molecule has 3 aliphatic heterocycles. The zero-order valence-electron chi connectivity index (χ0n) is 17.8. The summed E-state index contributed by atoms with van der Waals surface area (Å²) in [4.78, 5) is 14.6. The lowest BCUT2D eigenvalue weighted by molar-refractivity contribution is -0.0202. The molecule has 0 spiro atoms. The maximum absolute atomic E-state index is 11.9. The summed E-state index contributed by atoms with van der Waals surface area (Å²) >= 11 is 0. The molecule has 3 heterocycles. The highest BCUT2D eigenvalue weighted by atomic mass is 16.1. The Morgan fingerprint density at radius 2 is 1.90 bits per heavy atom. The molecule has 156 valence electrons. The number of benzene rings is 2. The highest BCUT2D eigenvalue weighted by Crippen LogP contribution is 2.44. The lowest BCUT2D eigenvalue weighted by atomic mass is 9.76. The molecular formula is C26H31N3O. The monoisotopic (exact) mass is 401 g/mol. The molecule has 0 amide bonds. The summed E-state index contributed by atoms with van der Waals surface area (Å²) in [5.74, 6) is 2.86. The second-order valence-corrected chi connectivity index (χ2v) is 8.98. The Kier molecular flexibility index (Phi) is 5.47. The highest BCUT2D eigenvalue weighted by molar-refractivity contribution is 5.52. The maximum atomic E-state index is 11.9. The van der Waals surface area contributed by atoms with Crippen molar-refractivity contribution in [2.45, 2.75) is 57.2 Å². The van der Waals surface area contributed by atoms with Gasteiger partial charge in [0.25, 0.3) is 0 Å². The summed E-state index contributed by atoms with van der Waals surface area (Å²) in [6, 6.07) is 20.5. The number of hydrogen-bond donors (Lipinski definition) is 1. The van der Waals surface area contributed by atoms with Gasteiger partial charge in [-0.3, -0.25) is 9.91 Å². The Labute approximate surface area is 179 Å². The van der Waals surface area contributed by atoms with Gasteiger partial charge < -0.3 is 0 Å². The third kappa shape index (κ3) is 3.50. The lowest BCUT2D eigenvalue weighted by Crippen LogP contribution is -2.59. The van der Waals surface area contributed by atoms with Crippen LogP contribution in [0.4, 0.5) is 0 Å². The molecule has 2 fully saturated rings. The average molecular weight is 402 g/mol. The van der Waals surface area contributed by atoms with Crippen LogP contribution in [0.5, 0.6) is 0 Å². The molecule has 0 aromatic heterocycles. The molecular weight excluding hydrogens is 370 g/mol. The minimum Gasteiger partial charge on any atom is -0.298 e. The van der Waals surface area contributed by atoms with Gasteiger partial charge in [0.2, 0.25) is 0 Å². The molecule has 4 heteroatoms. The van der Waals surface area contributed by atoms with Crippen LogP contribution in [0.25, 0.3) is 0 Å². The SMILES string of the molecule is CC[C@@H](NN1C(=C=O)CC[C@@H]2CN3CCc4ccccc4[C@H]3C[C@@H]21)c1ccccc1. The van der Waals surface area contributed by atoms with Gasteiger partial charge in [0.15, 0.2) is 0 Å². The van der Waals surface area contributed by atoms with Gasteiger partial charge in [-0.25, -0.2) is 10.2 Å². The van der Waals surface area contributed by atoms with Crippen molar-refractivity contribution in [3.05, 3.63) is 77.0 Å². The van der Waals surface area contributed by atoms with E-state index in [0.717, 1.165) is 50.9 Å². The zero-order valence-corrected chi connectivity index (χ0v) is 17.8. The molecule has 4 atom stereocenters. The first-order valence-electron chi connectivity index (χ1n) is 11.4. The van der Waals surface area contributed by atoms with Crippen LogP contribution >= 0.6 is 0 Å². The molecule has 30 heavy (non-hydrogen) atoms. The number of nitrogens with zero attached hydrogens (tertiary/aromatic N) is 2. The van der Waals surface area contributed by atoms with E-state index in [9.17, 15) is 4.79 Å². The number of rotatable bonds is 4. The van der Waals surface area contributed by atoms with E-state index in [1.54, 1.807) is 0 Å². The fourth-order valence-electron chi connectivity index (χ4n) is 5.81. The normalized spacial score (nSPS) is 26.9. The van der Waals surface area contributed by atoms with E-state index >= 15 is 0 Å². The number of hydrazine groups is 1. The molecule has 4 nitrogen and oxygen atoms in total. The first-order chi connectivity index (χ1) is 14.8. The average Bonchev–Trinajstić information content (AvgIpc) is 2.81. The predicted octanol–water partition coefficient (Wildman–Crippen LogP) is 4.44. The number of fused-ring (bicyclic) bond motifs is 4. The van der Waals surface area contributed by atoms with Crippen LogP contribution in [0.3, 0.4) is 0 Å². The minimum atomic E-state index is 0.199. The van der Waals surface area contributed by atoms with Gasteiger partial charge in [-0.1, -0.05) is 61.5 Å². The Morgan fingerprint density at radius 3 is 2.70 bits per heavy atom. The summed E-state index contributed by atoms with van der Waals surface area (Å²) in [6.45, 7) is 4.47. The smallest absolute Gasteiger partial charge is 0.147 e. The van der Waals surface area contributed by atoms with E-state index in [4.69, 9.17) is 0 Å². The van der Waals surface area contributed by atoms with Crippen molar-refractivity contribution in [3.8, 4) is 0 Å². The summed E-state index contributed by atoms with van der Waals surface area (Å²) < 4.78 is 0. The Hall–Kier alpha value is -2.39. The molecule has 2 aromatic carbocycles. The third-order valence-electron chi connectivity index (χ3n) is 7.40. The summed E-state index contributed by atoms with van der Waals surface area (Å²) in [7, 11) is 0. The number of allylic oxidation sites excluding steroid dienone is 1. The van der Waals surface area contributed by atoms with Crippen LogP contribution in [0.1, 0.15) is 61.4 Å². The third-order valence-corrected chi connectivity index (χ3v) is 7.40. The molecule has 0 aliphatic carbocycles. The van der Waals surface area contributed by atoms with Crippen molar-refractivity contribution in [1.82, 2.24) is 15.3 Å². The van der Waals surface area contributed by atoms with Crippen LogP contribution in [0, 0.1) is 5.92 Å². The van der Waals surface area contributed by atoms with Crippen molar-refractivity contribution in [2.24, 2.45) is 5.92 Å². The molecule has 5 rings (SSSR count). The Morgan fingerprint density at radius 1 is 1.10 bits per heavy atom. The van der Waals surface area contributed by atoms with Crippen LogP contribution in [-0.2, 0) is 11.2 Å². The second-order valence-electron chi connectivity index (χ2n) is 8.98. The van der Waals surface area contributed by atoms with E-state index in [2.05, 4.69) is 82.8 Å². The van der Waals surface area contributed by atoms with E-state index in [0.29, 0.717) is 18.0 Å². The maximum Gasteiger partial charge on any atom is 0.147 e. The van der Waals surface area contributed by atoms with Gasteiger partial charge >= 0.3 is 0 Å². The fourth-order valence-corrected chi connectivity index (χ4v) is 5.81. The summed E-state index contributed by atoms with van der Waals surface area (Å²) in [6.07, 6.45) is 5.09. The fraction of sp³-hybridized carbons (Fsp3) is 0.462. The molecule has 0 saturated carbocycles. The van der Waals surface area contributed by atoms with Gasteiger partial charge in [0.05, 0.1) is 12.1 Å². The molecule has 0 radical (unpaired) electrons. The minimum absolute atomic E-state index is 0.199. The topological polar surface area (TPSA) is 35.6 Å². The van der Waals surface area contributed by atoms with Gasteiger partial charge in [-0.15, -0.1) is 0 Å². The second kappa shape index (κ2) is 8.39. The zero-order chi connectivity index (χ0) is 20.5. The Bertz CT molecular complexity index is 936. The van der Waals surface area contributed by atoms with E-state index < -0.39 is 0 Å². The van der Waals surface area contributed by atoms with Crippen molar-refractivity contribution in [2.75, 3.05) is 13.1 Å². The summed E-state index contributed by atoms with van der Waals surface area (Å²) in [5, 5.41) is 2.22. The van der Waals surface area contributed by atoms with Gasteiger partial charge in [0, 0.05) is 19.1 Å². The quantitative estimate of drug-likeness (QED) is 0.768. The number of nitrogens with one attached hydrogen (secondary N) is 1. The van der Waals surface area contributed by atoms with E-state index in [1.165, 1.54) is 16.7 Å². The first kappa shape index (κ1) is 19.6. The van der Waals surface area contributed by atoms with Crippen LogP contribution < -0.4 is 5.43 Å². The Balaban J connectivity index is 1.44. The van der Waals surface area contributed by atoms with Crippen molar-refractivity contribution in [1.29, 1.82) is 0 Å². The standard InChI is InChI=1S/C26H31N3O/c1-2-24(20-9-4-3-5-10-20)27-29-22(18-30)13-12-21-17-28-15-14-19-8-6-7-11-23(19)26(28)16-25(21)29/h3-11,21,24-27H,2,12-17H2,1H3/t21-,24-,25+,26-/m1/s1. The molecule has 0 unspecified atom stereocenters. The van der Waals surface area contributed by atoms with Crippen molar-refractivity contribution >= 4 is 5.94 Å². The first-order valence-corrected chi connectivity index (χ1v) is 11.4. The van der Waals surface area contributed by atoms with Crippen LogP contribution in [-0.4, -0.2) is 35.0 Å². The van der Waals surface area contributed by atoms with Crippen molar-refractivity contribution in [3.63, 3.8) is 0 Å². The number of carbonyl (C=O) groups excluding carboxylic acids is 1. The van der Waals surface area contributed by atoms with Gasteiger partial charge in [-0.2, -0.15) is 0 Å². The van der Waals surface area contributed by atoms with E-state index in [1.807, 2.05) is 0 Å². The largest absolute Gasteiger partial charge is 0.298 e. The highest BCUT2D eigenvalue weighted by Gasteiger charge is 2.44.